The van der Waals surface area contributed by atoms with E-state index in [1.54, 1.807) is 42.7 Å². The summed E-state index contributed by atoms with van der Waals surface area (Å²) in [7, 11) is 0. The molecule has 0 saturated heterocycles. The third-order valence-corrected chi connectivity index (χ3v) is 4.21. The second-order valence-electron chi connectivity index (χ2n) is 5.78. The molecule has 26 heavy (non-hydrogen) atoms. The van der Waals surface area contributed by atoms with Crippen LogP contribution in [-0.4, -0.2) is 26.7 Å². The summed E-state index contributed by atoms with van der Waals surface area (Å²) in [6.45, 7) is 0.186. The molecular formula is C19H14N2O5. The molecule has 0 spiro atoms. The lowest BCUT2D eigenvalue weighted by Gasteiger charge is -2.24. The molecule has 1 aliphatic rings. The lowest BCUT2D eigenvalue weighted by molar-refractivity contribution is -0.130. The first kappa shape index (κ1) is 15.9. The Kier molecular flexibility index (Phi) is 3.89. The molecule has 3 aromatic rings. The number of carbonyl (C=O) groups is 2. The van der Waals surface area contributed by atoms with Crippen LogP contribution in [-0.2, 0) is 11.3 Å². The van der Waals surface area contributed by atoms with E-state index in [1.165, 1.54) is 23.5 Å². The van der Waals surface area contributed by atoms with Gasteiger partial charge in [0, 0.05) is 18.9 Å². The molecule has 7 heteroatoms. The smallest absolute Gasteiger partial charge is 0.290 e. The normalized spacial score (nSPS) is 17.2. The SMILES string of the molecule is O=C(C1=C(O)C(=O)N(Cc2ccncc2)C1c1ccco1)c1ccco1. The Morgan fingerprint density at radius 3 is 2.50 bits per heavy atom. The van der Waals surface area contributed by atoms with Gasteiger partial charge in [-0.25, -0.2) is 0 Å². The number of pyridine rings is 1. The second-order valence-corrected chi connectivity index (χ2v) is 5.78. The molecule has 0 fully saturated rings. The van der Waals surface area contributed by atoms with Crippen LogP contribution in [0, 0.1) is 0 Å². The van der Waals surface area contributed by atoms with Crippen LogP contribution in [0.5, 0.6) is 0 Å². The van der Waals surface area contributed by atoms with Crippen LogP contribution in [0.25, 0.3) is 0 Å². The molecular weight excluding hydrogens is 336 g/mol. The first-order chi connectivity index (χ1) is 12.7. The van der Waals surface area contributed by atoms with Gasteiger partial charge in [-0.2, -0.15) is 0 Å². The fourth-order valence-corrected chi connectivity index (χ4v) is 3.02. The molecule has 1 unspecified atom stereocenters. The van der Waals surface area contributed by atoms with Gasteiger partial charge in [0.2, 0.25) is 5.78 Å². The Bertz CT molecular complexity index is 959. The number of amides is 1. The number of carbonyl (C=O) groups excluding carboxylic acids is 2. The van der Waals surface area contributed by atoms with Crippen molar-refractivity contribution in [1.82, 2.24) is 9.88 Å². The summed E-state index contributed by atoms with van der Waals surface area (Å²) in [5.74, 6) is -1.37. The van der Waals surface area contributed by atoms with E-state index >= 15 is 0 Å². The van der Waals surface area contributed by atoms with Gasteiger partial charge in [-0.3, -0.25) is 14.6 Å². The van der Waals surface area contributed by atoms with Gasteiger partial charge < -0.3 is 18.8 Å². The topological polar surface area (TPSA) is 96.8 Å². The summed E-state index contributed by atoms with van der Waals surface area (Å²) >= 11 is 0. The van der Waals surface area contributed by atoms with Gasteiger partial charge in [0.25, 0.3) is 5.91 Å². The summed E-state index contributed by atoms with van der Waals surface area (Å²) in [6, 6.07) is 9.05. The molecule has 1 N–H and O–H groups in total. The molecule has 0 bridgehead atoms. The summed E-state index contributed by atoms with van der Waals surface area (Å²) < 4.78 is 10.6. The number of ketones is 1. The van der Waals surface area contributed by atoms with Gasteiger partial charge in [-0.15, -0.1) is 0 Å². The lowest BCUT2D eigenvalue weighted by Crippen LogP contribution is -2.30. The molecule has 0 saturated carbocycles. The minimum Gasteiger partial charge on any atom is -0.503 e. The maximum absolute atomic E-state index is 12.8. The number of hydrogen-bond donors (Lipinski definition) is 1. The number of aromatic nitrogens is 1. The lowest BCUT2D eigenvalue weighted by atomic mass is 9.99. The zero-order valence-corrected chi connectivity index (χ0v) is 13.5. The molecule has 4 heterocycles. The highest BCUT2D eigenvalue weighted by atomic mass is 16.3. The molecule has 0 aliphatic carbocycles. The molecule has 1 atom stereocenters. The minimum atomic E-state index is -0.844. The van der Waals surface area contributed by atoms with Gasteiger partial charge in [0.05, 0.1) is 18.1 Å². The van der Waals surface area contributed by atoms with Crippen molar-refractivity contribution in [2.45, 2.75) is 12.6 Å². The van der Waals surface area contributed by atoms with Crippen LogP contribution in [0.3, 0.4) is 0 Å². The van der Waals surface area contributed by atoms with Gasteiger partial charge in [0.15, 0.2) is 11.5 Å². The van der Waals surface area contributed by atoms with Crippen molar-refractivity contribution in [2.75, 3.05) is 0 Å². The first-order valence-corrected chi connectivity index (χ1v) is 7.91. The number of furan rings is 2. The summed E-state index contributed by atoms with van der Waals surface area (Å²) in [5, 5.41) is 10.4. The Morgan fingerprint density at radius 2 is 1.85 bits per heavy atom. The Balaban J connectivity index is 1.77. The average molecular weight is 350 g/mol. The van der Waals surface area contributed by atoms with E-state index < -0.39 is 23.5 Å². The molecule has 1 aliphatic heterocycles. The number of hydrogen-bond acceptors (Lipinski definition) is 6. The number of nitrogens with zero attached hydrogens (tertiary/aromatic N) is 2. The van der Waals surface area contributed by atoms with Crippen LogP contribution >= 0.6 is 0 Å². The summed E-state index contributed by atoms with van der Waals surface area (Å²) in [6.07, 6.45) is 6.03. The number of rotatable bonds is 5. The number of aliphatic hydroxyl groups is 1. The summed E-state index contributed by atoms with van der Waals surface area (Å²) in [4.78, 5) is 30.8. The van der Waals surface area contributed by atoms with Crippen LogP contribution < -0.4 is 0 Å². The van der Waals surface area contributed by atoms with Gasteiger partial charge in [-0.1, -0.05) is 0 Å². The van der Waals surface area contributed by atoms with Crippen molar-refractivity contribution < 1.29 is 23.5 Å². The number of aliphatic hydroxyl groups excluding tert-OH is 1. The Labute approximate surface area is 148 Å². The quantitative estimate of drug-likeness (QED) is 0.711. The molecule has 0 radical (unpaired) electrons. The molecule has 7 nitrogen and oxygen atoms in total. The van der Waals surface area contributed by atoms with Crippen molar-refractivity contribution >= 4 is 11.7 Å². The second kappa shape index (κ2) is 6.36. The highest BCUT2D eigenvalue weighted by molar-refractivity contribution is 6.14. The van der Waals surface area contributed by atoms with E-state index in [4.69, 9.17) is 8.83 Å². The maximum Gasteiger partial charge on any atom is 0.290 e. The fraction of sp³-hybridized carbons (Fsp3) is 0.105. The molecule has 1 amide bonds. The molecule has 3 aromatic heterocycles. The van der Waals surface area contributed by atoms with Crippen molar-refractivity contribution in [3.05, 3.63) is 89.7 Å². The van der Waals surface area contributed by atoms with Crippen molar-refractivity contribution in [3.8, 4) is 0 Å². The maximum atomic E-state index is 12.8. The zero-order chi connectivity index (χ0) is 18.1. The van der Waals surface area contributed by atoms with E-state index in [1.807, 2.05) is 0 Å². The predicted octanol–water partition coefficient (Wildman–Crippen LogP) is 3.05. The fourth-order valence-electron chi connectivity index (χ4n) is 3.02. The first-order valence-electron chi connectivity index (χ1n) is 7.91. The van der Waals surface area contributed by atoms with Crippen molar-refractivity contribution in [3.63, 3.8) is 0 Å². The van der Waals surface area contributed by atoms with Crippen LogP contribution in [0.4, 0.5) is 0 Å². The van der Waals surface area contributed by atoms with Crippen molar-refractivity contribution in [2.24, 2.45) is 0 Å². The largest absolute Gasteiger partial charge is 0.503 e. The van der Waals surface area contributed by atoms with Gasteiger partial charge in [-0.05, 0) is 42.0 Å². The van der Waals surface area contributed by atoms with Crippen LogP contribution in [0.15, 0.2) is 81.5 Å². The highest BCUT2D eigenvalue weighted by Crippen LogP contribution is 2.40. The van der Waals surface area contributed by atoms with E-state index in [2.05, 4.69) is 4.98 Å². The van der Waals surface area contributed by atoms with E-state index in [0.29, 0.717) is 5.76 Å². The minimum absolute atomic E-state index is 0.0432. The molecule has 0 aromatic carbocycles. The standard InChI is InChI=1S/C19H14N2O5/c22-17(14-4-2-10-26-14)15-16(13-3-1-9-25-13)21(19(24)18(15)23)11-12-5-7-20-8-6-12/h1-10,16,23H,11H2. The van der Waals surface area contributed by atoms with E-state index in [-0.39, 0.29) is 17.9 Å². The number of Topliss-reactive ketones (excluding diaryl/α,β-unsaturated/α-hetero) is 1. The highest BCUT2D eigenvalue weighted by Gasteiger charge is 2.45. The van der Waals surface area contributed by atoms with Crippen molar-refractivity contribution in [1.29, 1.82) is 0 Å². The zero-order valence-electron chi connectivity index (χ0n) is 13.5. The predicted molar refractivity (Wildman–Crippen MR) is 88.9 cm³/mol. The Morgan fingerprint density at radius 1 is 1.12 bits per heavy atom. The van der Waals surface area contributed by atoms with Gasteiger partial charge >= 0.3 is 0 Å². The monoisotopic (exact) mass is 350 g/mol. The Hall–Kier alpha value is -3.61. The molecule has 4 rings (SSSR count). The third-order valence-electron chi connectivity index (χ3n) is 4.21. The van der Waals surface area contributed by atoms with E-state index in [0.717, 1.165) is 5.56 Å². The average Bonchev–Trinajstić information content (AvgIpc) is 3.40. The molecule has 130 valence electrons. The third kappa shape index (κ3) is 2.59. The van der Waals surface area contributed by atoms with E-state index in [9.17, 15) is 14.7 Å². The van der Waals surface area contributed by atoms with Gasteiger partial charge in [0.1, 0.15) is 11.8 Å². The van der Waals surface area contributed by atoms with Crippen LogP contribution in [0.1, 0.15) is 27.9 Å². The van der Waals surface area contributed by atoms with Crippen LogP contribution in [0.2, 0.25) is 0 Å². The summed E-state index contributed by atoms with van der Waals surface area (Å²) in [5.41, 5.74) is 0.748.